The van der Waals surface area contributed by atoms with E-state index in [9.17, 15) is 21.6 Å². The summed E-state index contributed by atoms with van der Waals surface area (Å²) in [5.41, 5.74) is 1.88. The number of nitrogens with zero attached hydrogens (tertiary/aromatic N) is 5. The molecule has 2 aliphatic heterocycles. The van der Waals surface area contributed by atoms with E-state index < -0.39 is 21.8 Å². The number of piperazine rings is 1. The van der Waals surface area contributed by atoms with Crippen LogP contribution in [-0.2, 0) is 16.2 Å². The number of aryl methyl sites for hydroxylation is 2. The summed E-state index contributed by atoms with van der Waals surface area (Å²) < 4.78 is 75.2. The molecular formula is C27H30F3N5O3S. The Hall–Kier alpha value is -3.22. The van der Waals surface area contributed by atoms with E-state index in [4.69, 9.17) is 4.52 Å². The summed E-state index contributed by atoms with van der Waals surface area (Å²) in [5, 5.41) is 3.88. The van der Waals surface area contributed by atoms with Crippen molar-refractivity contribution in [3.8, 4) is 11.3 Å². The van der Waals surface area contributed by atoms with E-state index in [1.807, 2.05) is 6.92 Å². The van der Waals surface area contributed by atoms with Crippen molar-refractivity contribution >= 4 is 21.9 Å². The summed E-state index contributed by atoms with van der Waals surface area (Å²) >= 11 is 0. The maximum absolute atomic E-state index is 13.8. The molecular weight excluding hydrogens is 531 g/mol. The molecule has 2 aromatic carbocycles. The minimum absolute atomic E-state index is 0.135. The van der Waals surface area contributed by atoms with Crippen molar-refractivity contribution in [3.63, 3.8) is 0 Å². The van der Waals surface area contributed by atoms with Gasteiger partial charge in [0.2, 0.25) is 10.0 Å². The zero-order valence-electron chi connectivity index (χ0n) is 21.9. The number of rotatable bonds is 6. The number of alkyl halides is 3. The predicted molar refractivity (Wildman–Crippen MR) is 142 cm³/mol. The second-order valence-corrected chi connectivity index (χ2v) is 11.9. The molecule has 2 aliphatic rings. The monoisotopic (exact) mass is 561 g/mol. The standard InChI is InChI=1S/C27H30F3N5O3S/c1-18-7-8-21(24-13-19(2)32-38-24)14-25(18)39(36,37)34-11-9-33(10-12-34)16-20(3)35-17-31-15-22-5-4-6-23(26(22)35)27(28,29)30/h4-8,13-15,20H,9-12,16-17H2,1-3H3/t20-/m0/s1. The van der Waals surface area contributed by atoms with Crippen LogP contribution >= 0.6 is 0 Å². The van der Waals surface area contributed by atoms with Crippen molar-refractivity contribution in [3.05, 3.63) is 64.8 Å². The zero-order chi connectivity index (χ0) is 27.9. The minimum Gasteiger partial charge on any atom is -0.356 e. The fourth-order valence-corrected chi connectivity index (χ4v) is 6.84. The maximum atomic E-state index is 13.8. The molecule has 0 unspecified atom stereocenters. The van der Waals surface area contributed by atoms with Crippen molar-refractivity contribution in [1.29, 1.82) is 0 Å². The van der Waals surface area contributed by atoms with Crippen LogP contribution < -0.4 is 4.90 Å². The van der Waals surface area contributed by atoms with Gasteiger partial charge < -0.3 is 9.42 Å². The van der Waals surface area contributed by atoms with Crippen LogP contribution in [0.3, 0.4) is 0 Å². The first-order valence-electron chi connectivity index (χ1n) is 12.7. The van der Waals surface area contributed by atoms with Gasteiger partial charge in [0.15, 0.2) is 5.76 Å². The van der Waals surface area contributed by atoms with Gasteiger partial charge in [0.05, 0.1) is 21.8 Å². The van der Waals surface area contributed by atoms with Gasteiger partial charge in [-0.05, 0) is 38.5 Å². The lowest BCUT2D eigenvalue weighted by Crippen LogP contribution is -2.52. The van der Waals surface area contributed by atoms with Crippen LogP contribution in [-0.4, -0.2) is 74.4 Å². The van der Waals surface area contributed by atoms with Crippen LogP contribution in [0.2, 0.25) is 0 Å². The first kappa shape index (κ1) is 27.4. The summed E-state index contributed by atoms with van der Waals surface area (Å²) in [4.78, 5) is 8.26. The zero-order valence-corrected chi connectivity index (χ0v) is 22.8. The molecule has 3 heterocycles. The Balaban J connectivity index is 1.28. The van der Waals surface area contributed by atoms with Gasteiger partial charge in [-0.3, -0.25) is 9.89 Å². The fraction of sp³-hybridized carbons (Fsp3) is 0.407. The molecule has 0 aliphatic carbocycles. The number of aromatic nitrogens is 1. The molecule has 0 bridgehead atoms. The first-order chi connectivity index (χ1) is 18.4. The maximum Gasteiger partial charge on any atom is 0.418 e. The highest BCUT2D eigenvalue weighted by atomic mass is 32.2. The third kappa shape index (κ3) is 5.45. The van der Waals surface area contributed by atoms with Crippen molar-refractivity contribution in [1.82, 2.24) is 14.4 Å². The number of anilines is 1. The van der Waals surface area contributed by atoms with Crippen molar-refractivity contribution in [2.45, 2.75) is 37.9 Å². The van der Waals surface area contributed by atoms with Crippen LogP contribution in [0.1, 0.15) is 29.3 Å². The molecule has 1 atom stereocenters. The van der Waals surface area contributed by atoms with Gasteiger partial charge in [-0.1, -0.05) is 29.4 Å². The average Bonchev–Trinajstić information content (AvgIpc) is 3.34. The SMILES string of the molecule is Cc1cc(-c2ccc(C)c(S(=O)(=O)N3CCN(C[C@H](C)N4CN=Cc5cccc(C(F)(F)F)c54)CC3)c2)on1. The third-order valence-corrected chi connectivity index (χ3v) is 9.27. The lowest BCUT2D eigenvalue weighted by molar-refractivity contribution is -0.137. The Morgan fingerprint density at radius 2 is 1.79 bits per heavy atom. The lowest BCUT2D eigenvalue weighted by atomic mass is 10.0. The highest BCUT2D eigenvalue weighted by Crippen LogP contribution is 2.40. The Morgan fingerprint density at radius 3 is 2.46 bits per heavy atom. The topological polar surface area (TPSA) is 82.3 Å². The molecule has 0 N–H and O–H groups in total. The summed E-state index contributed by atoms with van der Waals surface area (Å²) in [5.74, 6) is 0.500. The third-order valence-electron chi connectivity index (χ3n) is 7.23. The molecule has 12 heteroatoms. The Labute approximate surface area is 225 Å². The van der Waals surface area contributed by atoms with Crippen LogP contribution in [0, 0.1) is 13.8 Å². The van der Waals surface area contributed by atoms with Crippen molar-refractivity contribution in [2.75, 3.05) is 44.3 Å². The van der Waals surface area contributed by atoms with Gasteiger partial charge in [0.1, 0.15) is 6.67 Å². The number of hydrogen-bond donors (Lipinski definition) is 0. The van der Waals surface area contributed by atoms with Gasteiger partial charge in [0, 0.05) is 62.2 Å². The van der Waals surface area contributed by atoms with Gasteiger partial charge in [0.25, 0.3) is 0 Å². The molecule has 3 aromatic rings. The Kier molecular flexibility index (Phi) is 7.29. The molecule has 0 spiro atoms. The highest BCUT2D eigenvalue weighted by molar-refractivity contribution is 7.89. The number of para-hydroxylation sites is 1. The van der Waals surface area contributed by atoms with Crippen molar-refractivity contribution in [2.24, 2.45) is 4.99 Å². The molecule has 39 heavy (non-hydrogen) atoms. The number of hydrogen-bond acceptors (Lipinski definition) is 7. The largest absolute Gasteiger partial charge is 0.418 e. The summed E-state index contributed by atoms with van der Waals surface area (Å²) in [7, 11) is -3.76. The first-order valence-corrected chi connectivity index (χ1v) is 14.1. The number of fused-ring (bicyclic) bond motifs is 1. The summed E-state index contributed by atoms with van der Waals surface area (Å²) in [6.45, 7) is 7.54. The molecule has 0 amide bonds. The number of aliphatic imine (C=N–C) groups is 1. The van der Waals surface area contributed by atoms with E-state index in [-0.39, 0.29) is 36.4 Å². The van der Waals surface area contributed by atoms with E-state index >= 15 is 0 Å². The smallest absolute Gasteiger partial charge is 0.356 e. The van der Waals surface area contributed by atoms with Gasteiger partial charge in [-0.25, -0.2) is 8.42 Å². The Morgan fingerprint density at radius 1 is 1.05 bits per heavy atom. The van der Waals surface area contributed by atoms with Crippen LogP contribution in [0.15, 0.2) is 56.9 Å². The van der Waals surface area contributed by atoms with Crippen LogP contribution in [0.5, 0.6) is 0 Å². The average molecular weight is 562 g/mol. The lowest BCUT2D eigenvalue weighted by Gasteiger charge is -2.40. The molecule has 1 saturated heterocycles. The highest BCUT2D eigenvalue weighted by Gasteiger charge is 2.38. The van der Waals surface area contributed by atoms with Crippen LogP contribution in [0.25, 0.3) is 11.3 Å². The molecule has 208 valence electrons. The minimum atomic E-state index is -4.48. The summed E-state index contributed by atoms with van der Waals surface area (Å²) in [6.07, 6.45) is -2.99. The van der Waals surface area contributed by atoms with Gasteiger partial charge in [-0.15, -0.1) is 0 Å². The van der Waals surface area contributed by atoms with Gasteiger partial charge in [-0.2, -0.15) is 17.5 Å². The summed E-state index contributed by atoms with van der Waals surface area (Å²) in [6, 6.07) is 10.8. The van der Waals surface area contributed by atoms with Gasteiger partial charge >= 0.3 is 6.18 Å². The number of benzene rings is 2. The molecule has 0 saturated carbocycles. The molecule has 5 rings (SSSR count). The molecule has 8 nitrogen and oxygen atoms in total. The van der Waals surface area contributed by atoms with E-state index in [0.29, 0.717) is 47.8 Å². The Bertz CT molecular complexity index is 1490. The van der Waals surface area contributed by atoms with E-state index in [0.717, 1.165) is 6.07 Å². The number of halogens is 3. The molecule has 1 aromatic heterocycles. The second-order valence-electron chi connectivity index (χ2n) is 10.0. The molecule has 0 radical (unpaired) electrons. The predicted octanol–water partition coefficient (Wildman–Crippen LogP) is 4.57. The second kappa shape index (κ2) is 10.4. The fourth-order valence-electron chi connectivity index (χ4n) is 5.17. The normalized spacial score (nSPS) is 17.8. The quantitative estimate of drug-likeness (QED) is 0.439. The number of sulfonamides is 1. The van der Waals surface area contributed by atoms with E-state index in [1.54, 1.807) is 49.1 Å². The van der Waals surface area contributed by atoms with Crippen LogP contribution in [0.4, 0.5) is 18.9 Å². The van der Waals surface area contributed by atoms with Crippen molar-refractivity contribution < 1.29 is 26.1 Å². The van der Waals surface area contributed by atoms with E-state index in [1.165, 1.54) is 16.6 Å². The van der Waals surface area contributed by atoms with E-state index in [2.05, 4.69) is 15.0 Å². The molecule has 1 fully saturated rings.